The molecule has 1 nitrogen and oxygen atoms in total. The molecule has 0 heterocycles. The molecule has 1 aromatic carbocycles. The second-order valence-electron chi connectivity index (χ2n) is 4.83. The van der Waals surface area contributed by atoms with E-state index >= 15 is 0 Å². The maximum atomic E-state index is 3.37. The van der Waals surface area contributed by atoms with Crippen molar-refractivity contribution < 1.29 is 0 Å². The summed E-state index contributed by atoms with van der Waals surface area (Å²) in [6, 6.07) is 9.30. The standard InChI is InChI=1S/C15H23N/c1-2-16-12-4-3-5-13-6-8-14(9-7-13)15-10-11-15/h6-9,15-16H,2-5,10-12H2,1H3. The van der Waals surface area contributed by atoms with Gasteiger partial charge in [0, 0.05) is 0 Å². The second-order valence-corrected chi connectivity index (χ2v) is 4.83. The quantitative estimate of drug-likeness (QED) is 0.689. The smallest absolute Gasteiger partial charge is 0.00489 e. The van der Waals surface area contributed by atoms with Crippen LogP contribution in [0, 0.1) is 0 Å². The number of benzene rings is 1. The first-order chi connectivity index (χ1) is 7.90. The van der Waals surface area contributed by atoms with Crippen molar-refractivity contribution in [3.63, 3.8) is 0 Å². The number of hydrogen-bond acceptors (Lipinski definition) is 1. The minimum absolute atomic E-state index is 0.891. The fraction of sp³-hybridized carbons (Fsp3) is 0.600. The number of hydrogen-bond donors (Lipinski definition) is 1. The van der Waals surface area contributed by atoms with Crippen molar-refractivity contribution >= 4 is 0 Å². The highest BCUT2D eigenvalue weighted by Gasteiger charge is 2.22. The lowest BCUT2D eigenvalue weighted by Crippen LogP contribution is -2.13. The molecule has 0 radical (unpaired) electrons. The molecule has 0 atom stereocenters. The van der Waals surface area contributed by atoms with Crippen LogP contribution in [0.5, 0.6) is 0 Å². The summed E-state index contributed by atoms with van der Waals surface area (Å²) in [7, 11) is 0. The third kappa shape index (κ3) is 3.64. The van der Waals surface area contributed by atoms with E-state index in [0.29, 0.717) is 0 Å². The molecule has 1 aromatic rings. The SMILES string of the molecule is CCNCCCCc1ccc(C2CC2)cc1. The molecule has 16 heavy (non-hydrogen) atoms. The van der Waals surface area contributed by atoms with Gasteiger partial charge in [0.05, 0.1) is 0 Å². The van der Waals surface area contributed by atoms with Crippen LogP contribution >= 0.6 is 0 Å². The van der Waals surface area contributed by atoms with Crippen molar-refractivity contribution in [3.05, 3.63) is 35.4 Å². The van der Waals surface area contributed by atoms with Crippen molar-refractivity contribution in [2.24, 2.45) is 0 Å². The normalized spacial score (nSPS) is 15.3. The van der Waals surface area contributed by atoms with E-state index in [9.17, 15) is 0 Å². The fourth-order valence-corrected chi connectivity index (χ4v) is 2.13. The number of unbranched alkanes of at least 4 members (excludes halogenated alkanes) is 1. The van der Waals surface area contributed by atoms with Crippen molar-refractivity contribution in [3.8, 4) is 0 Å². The van der Waals surface area contributed by atoms with Crippen LogP contribution in [0.15, 0.2) is 24.3 Å². The molecule has 0 amide bonds. The Morgan fingerprint density at radius 3 is 2.50 bits per heavy atom. The molecule has 0 spiro atoms. The first-order valence-electron chi connectivity index (χ1n) is 6.69. The van der Waals surface area contributed by atoms with Crippen molar-refractivity contribution in [1.82, 2.24) is 5.32 Å². The summed E-state index contributed by atoms with van der Waals surface area (Å²) in [6.07, 6.45) is 6.63. The maximum absolute atomic E-state index is 3.37. The number of nitrogens with one attached hydrogen (secondary N) is 1. The topological polar surface area (TPSA) is 12.0 Å². The Kier molecular flexibility index (Phi) is 4.41. The van der Waals surface area contributed by atoms with Crippen LogP contribution in [0.3, 0.4) is 0 Å². The third-order valence-corrected chi connectivity index (χ3v) is 3.35. The van der Waals surface area contributed by atoms with Gasteiger partial charge >= 0.3 is 0 Å². The van der Waals surface area contributed by atoms with Crippen molar-refractivity contribution in [2.75, 3.05) is 13.1 Å². The van der Waals surface area contributed by atoms with E-state index in [0.717, 1.165) is 19.0 Å². The Hall–Kier alpha value is -0.820. The monoisotopic (exact) mass is 217 g/mol. The van der Waals surface area contributed by atoms with Crippen LogP contribution in [-0.4, -0.2) is 13.1 Å². The van der Waals surface area contributed by atoms with E-state index in [4.69, 9.17) is 0 Å². The van der Waals surface area contributed by atoms with Gasteiger partial charge in [-0.2, -0.15) is 0 Å². The molecule has 0 unspecified atom stereocenters. The Morgan fingerprint density at radius 1 is 1.12 bits per heavy atom. The molecule has 0 aromatic heterocycles. The first kappa shape index (κ1) is 11.7. The summed E-state index contributed by atoms with van der Waals surface area (Å²) in [5, 5.41) is 3.37. The molecule has 1 heteroatoms. The summed E-state index contributed by atoms with van der Waals surface area (Å²) in [5.41, 5.74) is 3.05. The van der Waals surface area contributed by atoms with Gasteiger partial charge in [-0.3, -0.25) is 0 Å². The van der Waals surface area contributed by atoms with Crippen LogP contribution in [-0.2, 0) is 6.42 Å². The van der Waals surface area contributed by atoms with Crippen molar-refractivity contribution in [1.29, 1.82) is 0 Å². The van der Waals surface area contributed by atoms with Gasteiger partial charge in [0.15, 0.2) is 0 Å². The maximum Gasteiger partial charge on any atom is -0.00489 e. The minimum atomic E-state index is 0.891. The summed E-state index contributed by atoms with van der Waals surface area (Å²) in [4.78, 5) is 0. The zero-order valence-electron chi connectivity index (χ0n) is 10.3. The lowest BCUT2D eigenvalue weighted by Gasteiger charge is -2.04. The first-order valence-corrected chi connectivity index (χ1v) is 6.69. The highest BCUT2D eigenvalue weighted by Crippen LogP contribution is 2.39. The summed E-state index contributed by atoms with van der Waals surface area (Å²) >= 11 is 0. The molecule has 0 bridgehead atoms. The third-order valence-electron chi connectivity index (χ3n) is 3.35. The molecule has 88 valence electrons. The molecule has 1 fully saturated rings. The minimum Gasteiger partial charge on any atom is -0.317 e. The highest BCUT2D eigenvalue weighted by atomic mass is 14.8. The molecule has 0 aliphatic heterocycles. The zero-order valence-corrected chi connectivity index (χ0v) is 10.3. The van der Waals surface area contributed by atoms with Crippen molar-refractivity contribution in [2.45, 2.75) is 44.9 Å². The van der Waals surface area contributed by atoms with Gasteiger partial charge < -0.3 is 5.32 Å². The summed E-state index contributed by atoms with van der Waals surface area (Å²) in [6.45, 7) is 4.42. The summed E-state index contributed by atoms with van der Waals surface area (Å²) in [5.74, 6) is 0.891. The molecule has 1 N–H and O–H groups in total. The average Bonchev–Trinajstić information content (AvgIpc) is 3.14. The molecule has 2 rings (SSSR count). The number of aryl methyl sites for hydroxylation is 1. The van der Waals surface area contributed by atoms with Crippen LogP contribution in [0.2, 0.25) is 0 Å². The molecule has 1 saturated carbocycles. The van der Waals surface area contributed by atoms with E-state index in [1.54, 1.807) is 5.56 Å². The second kappa shape index (κ2) is 6.05. The van der Waals surface area contributed by atoms with E-state index in [1.165, 1.54) is 37.7 Å². The van der Waals surface area contributed by atoms with Gasteiger partial charge in [0.1, 0.15) is 0 Å². The average molecular weight is 217 g/mol. The van der Waals surface area contributed by atoms with Crippen LogP contribution in [0.4, 0.5) is 0 Å². The van der Waals surface area contributed by atoms with Gasteiger partial charge in [-0.15, -0.1) is 0 Å². The summed E-state index contributed by atoms with van der Waals surface area (Å²) < 4.78 is 0. The van der Waals surface area contributed by atoms with Gasteiger partial charge in [0.25, 0.3) is 0 Å². The molecule has 1 aliphatic carbocycles. The predicted molar refractivity (Wildman–Crippen MR) is 69.9 cm³/mol. The Morgan fingerprint density at radius 2 is 1.88 bits per heavy atom. The molecule has 0 saturated heterocycles. The predicted octanol–water partition coefficient (Wildman–Crippen LogP) is 3.50. The van der Waals surface area contributed by atoms with E-state index in [-0.39, 0.29) is 0 Å². The Bertz CT molecular complexity index is 298. The molecular formula is C15H23N. The van der Waals surface area contributed by atoms with E-state index in [1.807, 2.05) is 0 Å². The van der Waals surface area contributed by atoms with E-state index in [2.05, 4.69) is 36.5 Å². The Labute approximate surface area is 99.3 Å². The largest absolute Gasteiger partial charge is 0.317 e. The Balaban J connectivity index is 1.68. The fourth-order valence-electron chi connectivity index (χ4n) is 2.13. The number of rotatable bonds is 7. The van der Waals surface area contributed by atoms with Crippen LogP contribution in [0.1, 0.15) is 49.7 Å². The van der Waals surface area contributed by atoms with Gasteiger partial charge in [-0.05, 0) is 62.2 Å². The molecule has 1 aliphatic rings. The van der Waals surface area contributed by atoms with Gasteiger partial charge in [-0.1, -0.05) is 31.2 Å². The van der Waals surface area contributed by atoms with Gasteiger partial charge in [0.2, 0.25) is 0 Å². The zero-order chi connectivity index (χ0) is 11.2. The van der Waals surface area contributed by atoms with Crippen LogP contribution < -0.4 is 5.32 Å². The molecular weight excluding hydrogens is 194 g/mol. The van der Waals surface area contributed by atoms with Gasteiger partial charge in [-0.25, -0.2) is 0 Å². The van der Waals surface area contributed by atoms with E-state index < -0.39 is 0 Å². The lowest BCUT2D eigenvalue weighted by atomic mass is 10.0. The lowest BCUT2D eigenvalue weighted by molar-refractivity contribution is 0.641. The highest BCUT2D eigenvalue weighted by molar-refractivity contribution is 5.28. The van der Waals surface area contributed by atoms with Crippen LogP contribution in [0.25, 0.3) is 0 Å².